The Bertz CT molecular complexity index is 1540. The Hall–Kier alpha value is -3.05. The lowest BCUT2D eigenvalue weighted by molar-refractivity contribution is 0.0724. The number of rotatable bonds is 13. The quantitative estimate of drug-likeness (QED) is 0.220. The van der Waals surface area contributed by atoms with Crippen LogP contribution in [-0.4, -0.2) is 67.1 Å². The number of thiophene rings is 1. The molecule has 3 aromatic rings. The Labute approximate surface area is 272 Å². The number of piperidine rings is 1. The molecule has 0 aliphatic carbocycles. The van der Waals surface area contributed by atoms with Gasteiger partial charge in [-0.3, -0.25) is 14.5 Å². The first-order valence-electron chi connectivity index (χ1n) is 16.4. The molecule has 0 atom stereocenters. The molecule has 1 saturated heterocycles. The molecule has 2 aromatic carbocycles. The lowest BCUT2D eigenvalue weighted by atomic mass is 10.00. The largest absolute Gasteiger partial charge is 0.339 e. The van der Waals surface area contributed by atoms with Crippen molar-refractivity contribution in [3.63, 3.8) is 0 Å². The maximum absolute atomic E-state index is 13.9. The summed E-state index contributed by atoms with van der Waals surface area (Å²) in [6, 6.07) is 16.6. The topological polar surface area (TPSA) is 90.0 Å². The smallest absolute Gasteiger partial charge is 0.257 e. The Morgan fingerprint density at radius 1 is 0.889 bits per heavy atom. The van der Waals surface area contributed by atoms with Gasteiger partial charge in [0.05, 0.1) is 10.5 Å². The molecule has 45 heavy (non-hydrogen) atoms. The molecule has 242 valence electrons. The summed E-state index contributed by atoms with van der Waals surface area (Å²) in [5, 5.41) is 3.65. The van der Waals surface area contributed by atoms with E-state index in [-0.39, 0.29) is 16.7 Å². The maximum Gasteiger partial charge on any atom is 0.257 e. The number of carbonyl (C=O) groups excluding carboxylic acids is 2. The normalized spacial score (nSPS) is 15.7. The third-order valence-corrected chi connectivity index (χ3v) is 11.8. The Balaban J connectivity index is 1.37. The molecule has 1 N–H and O–H groups in total. The van der Waals surface area contributed by atoms with Crippen LogP contribution in [0.5, 0.6) is 0 Å². The van der Waals surface area contributed by atoms with Gasteiger partial charge in [0.1, 0.15) is 5.00 Å². The minimum absolute atomic E-state index is 0.000277. The van der Waals surface area contributed by atoms with Gasteiger partial charge in [0.15, 0.2) is 0 Å². The van der Waals surface area contributed by atoms with Crippen LogP contribution >= 0.6 is 11.3 Å². The van der Waals surface area contributed by atoms with Crippen LogP contribution in [0.2, 0.25) is 0 Å². The highest BCUT2D eigenvalue weighted by molar-refractivity contribution is 7.89. The van der Waals surface area contributed by atoms with Crippen molar-refractivity contribution in [3.8, 4) is 0 Å². The van der Waals surface area contributed by atoms with Crippen LogP contribution < -0.4 is 5.32 Å². The van der Waals surface area contributed by atoms with Crippen molar-refractivity contribution in [2.45, 2.75) is 83.2 Å². The van der Waals surface area contributed by atoms with Crippen LogP contribution in [0.25, 0.3) is 0 Å². The van der Waals surface area contributed by atoms with Crippen LogP contribution in [-0.2, 0) is 29.5 Å². The van der Waals surface area contributed by atoms with Crippen LogP contribution in [0.4, 0.5) is 5.00 Å². The lowest BCUT2D eigenvalue weighted by Gasteiger charge is -2.29. The number of likely N-dealkylation sites (tertiary alicyclic amines) is 1. The SMILES string of the molecule is CCCCN(CCCC)S(=O)(=O)c1ccc(C(=O)Nc2sc3c(c2C(=O)N2CCCCC2)CCN(Cc2ccccc2)C3)cc1. The highest BCUT2D eigenvalue weighted by Crippen LogP contribution is 2.39. The van der Waals surface area contributed by atoms with Gasteiger partial charge in [-0.2, -0.15) is 4.31 Å². The zero-order valence-corrected chi connectivity index (χ0v) is 28.2. The Morgan fingerprint density at radius 2 is 1.56 bits per heavy atom. The van der Waals surface area contributed by atoms with E-state index < -0.39 is 10.0 Å². The summed E-state index contributed by atoms with van der Waals surface area (Å²) in [5.41, 5.74) is 3.29. The second-order valence-electron chi connectivity index (χ2n) is 12.1. The zero-order valence-electron chi connectivity index (χ0n) is 26.6. The number of hydrogen-bond acceptors (Lipinski definition) is 6. The summed E-state index contributed by atoms with van der Waals surface area (Å²) in [5.74, 6) is -0.347. The second kappa shape index (κ2) is 15.5. The van der Waals surface area contributed by atoms with E-state index >= 15 is 0 Å². The molecule has 2 aliphatic rings. The first-order chi connectivity index (χ1) is 21.8. The number of fused-ring (bicyclic) bond motifs is 1. The number of carbonyl (C=O) groups is 2. The van der Waals surface area contributed by atoms with E-state index in [1.54, 1.807) is 16.4 Å². The summed E-state index contributed by atoms with van der Waals surface area (Å²) in [6.07, 6.45) is 7.30. The molecule has 0 spiro atoms. The molecule has 0 radical (unpaired) electrons. The summed E-state index contributed by atoms with van der Waals surface area (Å²) in [7, 11) is -3.66. The van der Waals surface area contributed by atoms with Crippen molar-refractivity contribution in [3.05, 3.63) is 81.7 Å². The number of sulfonamides is 1. The standard InChI is InChI=1S/C35H46N4O4S2/c1-3-5-22-39(23-6-4-2)45(42,43)29-17-15-28(16-18-29)33(40)36-34-32(35(41)38-20-11-8-12-21-38)30-19-24-37(26-31(30)44-34)25-27-13-9-7-10-14-27/h7,9-10,13-18H,3-6,8,11-12,19-26H2,1-2H3,(H,36,40). The number of nitrogens with zero attached hydrogens (tertiary/aromatic N) is 3. The van der Waals surface area contributed by atoms with Gasteiger partial charge in [-0.05, 0) is 73.9 Å². The van der Waals surface area contributed by atoms with Crippen LogP contribution in [0, 0.1) is 0 Å². The van der Waals surface area contributed by atoms with Crippen molar-refractivity contribution < 1.29 is 18.0 Å². The van der Waals surface area contributed by atoms with Gasteiger partial charge in [-0.25, -0.2) is 8.42 Å². The van der Waals surface area contributed by atoms with Crippen LogP contribution in [0.15, 0.2) is 59.5 Å². The van der Waals surface area contributed by atoms with Gasteiger partial charge in [0.25, 0.3) is 11.8 Å². The average molecular weight is 651 g/mol. The number of benzene rings is 2. The van der Waals surface area contributed by atoms with Gasteiger partial charge >= 0.3 is 0 Å². The van der Waals surface area contributed by atoms with E-state index in [9.17, 15) is 18.0 Å². The molecule has 1 fully saturated rings. The van der Waals surface area contributed by atoms with Crippen LogP contribution in [0.3, 0.4) is 0 Å². The molecule has 2 amide bonds. The Kier molecular flexibility index (Phi) is 11.5. The van der Waals surface area contributed by atoms with Crippen LogP contribution in [0.1, 0.15) is 95.5 Å². The number of unbranched alkanes of at least 4 members (excludes halogenated alkanes) is 2. The van der Waals surface area contributed by atoms with Gasteiger partial charge in [-0.15, -0.1) is 11.3 Å². The average Bonchev–Trinajstić information content (AvgIpc) is 3.42. The van der Waals surface area contributed by atoms with Gasteiger partial charge in [-0.1, -0.05) is 57.0 Å². The van der Waals surface area contributed by atoms with Gasteiger partial charge in [0.2, 0.25) is 10.0 Å². The highest BCUT2D eigenvalue weighted by Gasteiger charge is 2.32. The second-order valence-corrected chi connectivity index (χ2v) is 15.1. The summed E-state index contributed by atoms with van der Waals surface area (Å²) < 4.78 is 28.4. The Morgan fingerprint density at radius 3 is 2.20 bits per heavy atom. The van der Waals surface area contributed by atoms with E-state index in [2.05, 4.69) is 34.5 Å². The van der Waals surface area contributed by atoms with Gasteiger partial charge in [0, 0.05) is 56.3 Å². The summed E-state index contributed by atoms with van der Waals surface area (Å²) in [6.45, 7) is 8.95. The first-order valence-corrected chi connectivity index (χ1v) is 18.7. The predicted octanol–water partition coefficient (Wildman–Crippen LogP) is 6.78. The van der Waals surface area contributed by atoms with Crippen molar-refractivity contribution in [2.24, 2.45) is 0 Å². The van der Waals surface area contributed by atoms with E-state index in [0.29, 0.717) is 29.2 Å². The van der Waals surface area contributed by atoms with E-state index in [1.165, 1.54) is 29.0 Å². The van der Waals surface area contributed by atoms with Crippen molar-refractivity contribution in [1.29, 1.82) is 0 Å². The maximum atomic E-state index is 13.9. The molecular formula is C35H46N4O4S2. The minimum atomic E-state index is -3.66. The summed E-state index contributed by atoms with van der Waals surface area (Å²) in [4.78, 5) is 33.1. The molecule has 0 unspecified atom stereocenters. The van der Waals surface area contributed by atoms with E-state index in [4.69, 9.17) is 0 Å². The molecule has 3 heterocycles. The fraction of sp³-hybridized carbons (Fsp3) is 0.486. The molecule has 0 saturated carbocycles. The van der Waals surface area contributed by atoms with Crippen molar-refractivity contribution in [1.82, 2.24) is 14.1 Å². The third-order valence-electron chi connectivity index (χ3n) is 8.75. The monoisotopic (exact) mass is 650 g/mol. The molecule has 2 aliphatic heterocycles. The molecule has 0 bridgehead atoms. The molecule has 5 rings (SSSR count). The number of hydrogen-bond donors (Lipinski definition) is 1. The fourth-order valence-electron chi connectivity index (χ4n) is 6.13. The molecule has 8 nitrogen and oxygen atoms in total. The predicted molar refractivity (Wildman–Crippen MR) is 181 cm³/mol. The summed E-state index contributed by atoms with van der Waals surface area (Å²) >= 11 is 1.49. The molecule has 10 heteroatoms. The third kappa shape index (κ3) is 8.03. The molecule has 1 aromatic heterocycles. The first kappa shape index (κ1) is 33.3. The van der Waals surface area contributed by atoms with E-state index in [0.717, 1.165) is 94.5 Å². The highest BCUT2D eigenvalue weighted by atomic mass is 32.2. The molecular weight excluding hydrogens is 605 g/mol. The van der Waals surface area contributed by atoms with Crippen molar-refractivity contribution in [2.75, 3.05) is 38.0 Å². The minimum Gasteiger partial charge on any atom is -0.339 e. The fourth-order valence-corrected chi connectivity index (χ4v) is 8.92. The van der Waals surface area contributed by atoms with E-state index in [1.807, 2.05) is 24.8 Å². The number of anilines is 1. The van der Waals surface area contributed by atoms with Gasteiger partial charge < -0.3 is 10.2 Å². The number of amides is 2. The number of nitrogens with one attached hydrogen (secondary N) is 1. The lowest BCUT2D eigenvalue weighted by Crippen LogP contribution is -2.37. The zero-order chi connectivity index (χ0) is 31.8. The van der Waals surface area contributed by atoms with Crippen molar-refractivity contribution >= 4 is 38.2 Å².